The zero-order chi connectivity index (χ0) is 14.8. The summed E-state index contributed by atoms with van der Waals surface area (Å²) >= 11 is 6.01. The second-order valence-corrected chi connectivity index (χ2v) is 7.23. The minimum atomic E-state index is -3.29. The van der Waals surface area contributed by atoms with E-state index in [1.807, 2.05) is 6.92 Å². The maximum atomic E-state index is 12.3. The van der Waals surface area contributed by atoms with Gasteiger partial charge in [-0.05, 0) is 35.7 Å². The number of benzene rings is 2. The Bertz CT molecular complexity index is 726. The normalized spacial score (nSPS) is 11.5. The van der Waals surface area contributed by atoms with Crippen LogP contribution in [-0.2, 0) is 21.3 Å². The summed E-state index contributed by atoms with van der Waals surface area (Å²) in [7, 11) is -3.29. The number of nitrogens with two attached hydrogens (primary N) is 1. The summed E-state index contributed by atoms with van der Waals surface area (Å²) in [4.78, 5) is 0. The number of halogens is 1. The lowest BCUT2D eigenvalue weighted by atomic mass is 10.1. The first kappa shape index (κ1) is 14.9. The third kappa shape index (κ3) is 3.52. The van der Waals surface area contributed by atoms with Crippen molar-refractivity contribution < 1.29 is 8.42 Å². The van der Waals surface area contributed by atoms with E-state index in [1.165, 1.54) is 0 Å². The molecule has 0 bridgehead atoms. The van der Waals surface area contributed by atoms with Gasteiger partial charge < -0.3 is 5.73 Å². The number of hydrogen-bond acceptors (Lipinski definition) is 3. The second kappa shape index (κ2) is 5.85. The summed E-state index contributed by atoms with van der Waals surface area (Å²) in [5.41, 5.74) is 8.58. The Morgan fingerprint density at radius 1 is 1.00 bits per heavy atom. The van der Waals surface area contributed by atoms with Crippen molar-refractivity contribution in [2.75, 3.05) is 5.73 Å². The highest BCUT2D eigenvalue weighted by atomic mass is 35.5. The van der Waals surface area contributed by atoms with Crippen molar-refractivity contribution >= 4 is 27.1 Å². The molecule has 0 radical (unpaired) electrons. The fourth-order valence-corrected chi connectivity index (χ4v) is 3.90. The van der Waals surface area contributed by atoms with E-state index in [0.29, 0.717) is 16.3 Å². The number of sulfone groups is 1. The van der Waals surface area contributed by atoms with E-state index in [-0.39, 0.29) is 11.5 Å². The van der Waals surface area contributed by atoms with Crippen LogP contribution in [0, 0.1) is 6.92 Å². The molecule has 2 aromatic carbocycles. The number of hydrogen-bond donors (Lipinski definition) is 1. The van der Waals surface area contributed by atoms with Crippen LogP contribution >= 0.6 is 11.6 Å². The molecule has 2 N–H and O–H groups in total. The fraction of sp³-hybridized carbons (Fsp3) is 0.200. The topological polar surface area (TPSA) is 60.2 Å². The van der Waals surface area contributed by atoms with E-state index in [0.717, 1.165) is 11.1 Å². The molecule has 0 aliphatic heterocycles. The first-order valence-electron chi connectivity index (χ1n) is 6.17. The Morgan fingerprint density at radius 2 is 1.60 bits per heavy atom. The van der Waals surface area contributed by atoms with E-state index < -0.39 is 9.84 Å². The first-order valence-corrected chi connectivity index (χ1v) is 8.37. The molecule has 20 heavy (non-hydrogen) atoms. The first-order chi connectivity index (χ1) is 9.39. The highest BCUT2D eigenvalue weighted by Gasteiger charge is 2.16. The smallest absolute Gasteiger partial charge is 0.158 e. The molecular formula is C15H16ClNO2S. The monoisotopic (exact) mass is 309 g/mol. The SMILES string of the molecule is Cc1c(N)cccc1CS(=O)(=O)Cc1ccccc1Cl. The van der Waals surface area contributed by atoms with Crippen LogP contribution in [0.3, 0.4) is 0 Å². The quantitative estimate of drug-likeness (QED) is 0.881. The maximum Gasteiger partial charge on any atom is 0.158 e. The lowest BCUT2D eigenvalue weighted by Crippen LogP contribution is -2.09. The molecule has 0 spiro atoms. The van der Waals surface area contributed by atoms with Crippen molar-refractivity contribution in [3.05, 3.63) is 64.2 Å². The molecule has 2 rings (SSSR count). The van der Waals surface area contributed by atoms with Gasteiger partial charge in [0.05, 0.1) is 11.5 Å². The minimum absolute atomic E-state index is 0.0326. The maximum absolute atomic E-state index is 12.3. The largest absolute Gasteiger partial charge is 0.399 e. The van der Waals surface area contributed by atoms with Gasteiger partial charge in [-0.15, -0.1) is 0 Å². The summed E-state index contributed by atoms with van der Waals surface area (Å²) < 4.78 is 24.6. The molecule has 0 atom stereocenters. The van der Waals surface area contributed by atoms with Gasteiger partial charge in [-0.2, -0.15) is 0 Å². The molecular weight excluding hydrogens is 294 g/mol. The van der Waals surface area contributed by atoms with Gasteiger partial charge in [0.1, 0.15) is 0 Å². The van der Waals surface area contributed by atoms with Gasteiger partial charge in [-0.25, -0.2) is 8.42 Å². The third-order valence-corrected chi connectivity index (χ3v) is 5.07. The molecule has 0 aromatic heterocycles. The second-order valence-electron chi connectivity index (χ2n) is 4.76. The fourth-order valence-electron chi connectivity index (χ4n) is 2.00. The van der Waals surface area contributed by atoms with Crippen LogP contribution in [0.4, 0.5) is 5.69 Å². The van der Waals surface area contributed by atoms with Gasteiger partial charge in [0.25, 0.3) is 0 Å². The van der Waals surface area contributed by atoms with Crippen LogP contribution < -0.4 is 5.73 Å². The van der Waals surface area contributed by atoms with Crippen LogP contribution in [0.1, 0.15) is 16.7 Å². The zero-order valence-corrected chi connectivity index (χ0v) is 12.7. The van der Waals surface area contributed by atoms with Gasteiger partial charge in [0, 0.05) is 10.7 Å². The molecule has 0 fully saturated rings. The predicted octanol–water partition coefficient (Wildman–Crippen LogP) is 3.35. The van der Waals surface area contributed by atoms with Crippen molar-refractivity contribution in [1.82, 2.24) is 0 Å². The average molecular weight is 310 g/mol. The molecule has 0 amide bonds. The molecule has 5 heteroatoms. The van der Waals surface area contributed by atoms with Crippen molar-refractivity contribution in [3.8, 4) is 0 Å². The van der Waals surface area contributed by atoms with Crippen LogP contribution in [-0.4, -0.2) is 8.42 Å². The lowest BCUT2D eigenvalue weighted by molar-refractivity contribution is 0.594. The van der Waals surface area contributed by atoms with E-state index in [2.05, 4.69) is 0 Å². The van der Waals surface area contributed by atoms with Crippen LogP contribution in [0.15, 0.2) is 42.5 Å². The van der Waals surface area contributed by atoms with Gasteiger partial charge in [0.15, 0.2) is 9.84 Å². The minimum Gasteiger partial charge on any atom is -0.399 e. The molecule has 106 valence electrons. The molecule has 3 nitrogen and oxygen atoms in total. The molecule has 2 aromatic rings. The number of anilines is 1. The Morgan fingerprint density at radius 3 is 2.30 bits per heavy atom. The van der Waals surface area contributed by atoms with Gasteiger partial charge in [-0.1, -0.05) is 41.9 Å². The Kier molecular flexibility index (Phi) is 4.35. The average Bonchev–Trinajstić information content (AvgIpc) is 2.37. The molecule has 0 saturated heterocycles. The van der Waals surface area contributed by atoms with Crippen molar-refractivity contribution in [3.63, 3.8) is 0 Å². The summed E-state index contributed by atoms with van der Waals surface area (Å²) in [6.07, 6.45) is 0. The van der Waals surface area contributed by atoms with E-state index in [9.17, 15) is 8.42 Å². The molecule has 0 saturated carbocycles. The van der Waals surface area contributed by atoms with Crippen molar-refractivity contribution in [2.24, 2.45) is 0 Å². The van der Waals surface area contributed by atoms with Crippen LogP contribution in [0.2, 0.25) is 5.02 Å². The Balaban J connectivity index is 2.24. The van der Waals surface area contributed by atoms with Crippen LogP contribution in [0.25, 0.3) is 0 Å². The highest BCUT2D eigenvalue weighted by Crippen LogP contribution is 2.22. The standard InChI is InChI=1S/C15H16ClNO2S/c1-11-12(6-4-8-15(11)17)9-20(18,19)10-13-5-2-3-7-14(13)16/h2-8H,9-10,17H2,1H3. The predicted molar refractivity (Wildman–Crippen MR) is 83.4 cm³/mol. The molecule has 0 unspecified atom stereocenters. The summed E-state index contributed by atoms with van der Waals surface area (Å²) in [5, 5.41) is 0.473. The zero-order valence-electron chi connectivity index (χ0n) is 11.1. The molecule has 0 heterocycles. The van der Waals surface area contributed by atoms with Crippen molar-refractivity contribution in [2.45, 2.75) is 18.4 Å². The van der Waals surface area contributed by atoms with Gasteiger partial charge in [-0.3, -0.25) is 0 Å². The van der Waals surface area contributed by atoms with E-state index in [1.54, 1.807) is 42.5 Å². The summed E-state index contributed by atoms with van der Waals surface area (Å²) in [6.45, 7) is 1.83. The van der Waals surface area contributed by atoms with Crippen LogP contribution in [0.5, 0.6) is 0 Å². The Labute approximate surface area is 124 Å². The van der Waals surface area contributed by atoms with E-state index in [4.69, 9.17) is 17.3 Å². The summed E-state index contributed by atoms with van der Waals surface area (Å²) in [5.74, 6) is -0.101. The number of rotatable bonds is 4. The highest BCUT2D eigenvalue weighted by molar-refractivity contribution is 7.89. The van der Waals surface area contributed by atoms with Gasteiger partial charge >= 0.3 is 0 Å². The van der Waals surface area contributed by atoms with E-state index >= 15 is 0 Å². The number of nitrogen functional groups attached to an aromatic ring is 1. The van der Waals surface area contributed by atoms with Crippen molar-refractivity contribution in [1.29, 1.82) is 0 Å². The van der Waals surface area contributed by atoms with Gasteiger partial charge in [0.2, 0.25) is 0 Å². The lowest BCUT2D eigenvalue weighted by Gasteiger charge is -2.10. The third-order valence-electron chi connectivity index (χ3n) is 3.20. The molecule has 0 aliphatic rings. The molecule has 0 aliphatic carbocycles. The Hall–Kier alpha value is -1.52. The summed E-state index contributed by atoms with van der Waals surface area (Å²) in [6, 6.07) is 12.3.